The molecular weight excluding hydrogens is 222 g/mol. The molecule has 1 aliphatic heterocycles. The molecule has 1 aromatic heterocycles. The van der Waals surface area contributed by atoms with Crippen LogP contribution in [-0.2, 0) is 0 Å². The number of rotatable bonds is 1. The van der Waals surface area contributed by atoms with E-state index in [-0.39, 0.29) is 0 Å². The van der Waals surface area contributed by atoms with E-state index in [0.29, 0.717) is 0 Å². The highest BCUT2D eigenvalue weighted by Crippen LogP contribution is 2.32. The Hall–Kier alpha value is -1.77. The number of piperidine rings is 1. The van der Waals surface area contributed by atoms with Gasteiger partial charge in [0.1, 0.15) is 0 Å². The van der Waals surface area contributed by atoms with Crippen molar-refractivity contribution in [2.45, 2.75) is 19.8 Å². The van der Waals surface area contributed by atoms with Crippen LogP contribution in [0.25, 0.3) is 10.9 Å². The largest absolute Gasteiger partial charge is 0.396 e. The summed E-state index contributed by atoms with van der Waals surface area (Å²) in [5.74, 6) is 0.838. The minimum absolute atomic E-state index is 0.838. The van der Waals surface area contributed by atoms with Gasteiger partial charge in [-0.1, -0.05) is 6.92 Å². The van der Waals surface area contributed by atoms with Crippen molar-refractivity contribution in [3.8, 4) is 0 Å². The van der Waals surface area contributed by atoms with Gasteiger partial charge in [-0.3, -0.25) is 4.98 Å². The molecule has 0 saturated carbocycles. The van der Waals surface area contributed by atoms with Crippen LogP contribution < -0.4 is 10.6 Å². The van der Waals surface area contributed by atoms with Crippen molar-refractivity contribution in [2.24, 2.45) is 5.92 Å². The predicted molar refractivity (Wildman–Crippen MR) is 76.8 cm³/mol. The average molecular weight is 241 g/mol. The number of nitrogens with zero attached hydrogens (tertiary/aromatic N) is 2. The van der Waals surface area contributed by atoms with E-state index in [0.717, 1.165) is 35.6 Å². The number of pyridine rings is 1. The molecule has 0 atom stereocenters. The van der Waals surface area contributed by atoms with Crippen molar-refractivity contribution in [1.82, 2.24) is 4.98 Å². The minimum Gasteiger partial charge on any atom is -0.396 e. The third-order valence-electron chi connectivity index (χ3n) is 3.93. The maximum absolute atomic E-state index is 6.30. The zero-order chi connectivity index (χ0) is 12.5. The Balaban J connectivity index is 1.99. The van der Waals surface area contributed by atoms with Gasteiger partial charge in [0.05, 0.1) is 16.9 Å². The van der Waals surface area contributed by atoms with E-state index < -0.39 is 0 Å². The lowest BCUT2D eigenvalue weighted by Crippen LogP contribution is -2.33. The highest BCUT2D eigenvalue weighted by molar-refractivity contribution is 5.97. The lowest BCUT2D eigenvalue weighted by atomic mass is 9.98. The van der Waals surface area contributed by atoms with Crippen LogP contribution in [-0.4, -0.2) is 18.1 Å². The summed E-state index contributed by atoms with van der Waals surface area (Å²) in [7, 11) is 0. The maximum Gasteiger partial charge on any atom is 0.0724 e. The van der Waals surface area contributed by atoms with E-state index in [1.54, 1.807) is 0 Å². The summed E-state index contributed by atoms with van der Waals surface area (Å²) in [6.45, 7) is 4.54. The molecule has 0 amide bonds. The Morgan fingerprint density at radius 3 is 2.78 bits per heavy atom. The molecule has 0 spiro atoms. The average Bonchev–Trinajstić information content (AvgIpc) is 2.41. The Morgan fingerprint density at radius 2 is 2.00 bits per heavy atom. The summed E-state index contributed by atoms with van der Waals surface area (Å²) in [4.78, 5) is 6.75. The minimum atomic E-state index is 0.838. The second-order valence-electron chi connectivity index (χ2n) is 5.24. The molecule has 0 radical (unpaired) electrons. The molecule has 2 aromatic rings. The molecule has 1 fully saturated rings. The first-order chi connectivity index (χ1) is 8.75. The molecule has 3 nitrogen and oxygen atoms in total. The zero-order valence-electron chi connectivity index (χ0n) is 10.8. The first-order valence-corrected chi connectivity index (χ1v) is 6.64. The van der Waals surface area contributed by atoms with E-state index >= 15 is 0 Å². The fraction of sp³-hybridized carbons (Fsp3) is 0.400. The van der Waals surface area contributed by atoms with Crippen LogP contribution in [0.2, 0.25) is 0 Å². The first kappa shape index (κ1) is 11.3. The van der Waals surface area contributed by atoms with Gasteiger partial charge in [0, 0.05) is 24.7 Å². The first-order valence-electron chi connectivity index (χ1n) is 6.64. The summed E-state index contributed by atoms with van der Waals surface area (Å²) in [5, 5.41) is 1.06. The van der Waals surface area contributed by atoms with Gasteiger partial charge < -0.3 is 10.6 Å². The topological polar surface area (TPSA) is 42.2 Å². The van der Waals surface area contributed by atoms with Gasteiger partial charge in [0.25, 0.3) is 0 Å². The number of hydrogen-bond acceptors (Lipinski definition) is 3. The van der Waals surface area contributed by atoms with E-state index in [4.69, 9.17) is 5.73 Å². The van der Waals surface area contributed by atoms with Crippen LogP contribution in [0.3, 0.4) is 0 Å². The molecule has 1 aromatic carbocycles. The lowest BCUT2D eigenvalue weighted by molar-refractivity contribution is 0.439. The summed E-state index contributed by atoms with van der Waals surface area (Å²) >= 11 is 0. The summed E-state index contributed by atoms with van der Waals surface area (Å²) in [6.07, 6.45) is 4.32. The van der Waals surface area contributed by atoms with E-state index in [1.165, 1.54) is 18.5 Å². The molecule has 94 valence electrons. The lowest BCUT2D eigenvalue weighted by Gasteiger charge is -2.33. The van der Waals surface area contributed by atoms with Gasteiger partial charge in [-0.15, -0.1) is 0 Å². The molecule has 3 heteroatoms. The van der Waals surface area contributed by atoms with Crippen LogP contribution in [0, 0.1) is 5.92 Å². The molecule has 0 unspecified atom stereocenters. The van der Waals surface area contributed by atoms with Crippen molar-refractivity contribution < 1.29 is 0 Å². The fourth-order valence-electron chi connectivity index (χ4n) is 2.69. The monoisotopic (exact) mass is 241 g/mol. The molecular formula is C15H19N3. The molecule has 0 aliphatic carbocycles. The highest BCUT2D eigenvalue weighted by Gasteiger charge is 2.18. The van der Waals surface area contributed by atoms with Crippen LogP contribution in [0.4, 0.5) is 11.4 Å². The number of hydrogen-bond donors (Lipinski definition) is 1. The fourth-order valence-corrected chi connectivity index (χ4v) is 2.69. The van der Waals surface area contributed by atoms with Crippen molar-refractivity contribution in [3.05, 3.63) is 30.5 Å². The SMILES string of the molecule is CC1CCN(c2ccc3ncccc3c2N)CC1. The maximum atomic E-state index is 6.30. The zero-order valence-corrected chi connectivity index (χ0v) is 10.8. The number of anilines is 2. The van der Waals surface area contributed by atoms with Crippen LogP contribution in [0.1, 0.15) is 19.8 Å². The van der Waals surface area contributed by atoms with Crippen molar-refractivity contribution in [3.63, 3.8) is 0 Å². The molecule has 1 saturated heterocycles. The molecule has 2 heterocycles. The summed E-state index contributed by atoms with van der Waals surface area (Å²) in [6, 6.07) is 8.17. The van der Waals surface area contributed by atoms with Gasteiger partial charge in [-0.05, 0) is 43.0 Å². The second kappa shape index (κ2) is 4.48. The number of benzene rings is 1. The standard InChI is InChI=1S/C15H19N3/c1-11-6-9-18(10-7-11)14-5-4-13-12(15(14)16)3-2-8-17-13/h2-5,8,11H,6-7,9-10,16H2,1H3. The number of fused-ring (bicyclic) bond motifs is 1. The molecule has 0 bridgehead atoms. The van der Waals surface area contributed by atoms with Crippen molar-refractivity contribution in [2.75, 3.05) is 23.7 Å². The Bertz CT molecular complexity index is 557. The van der Waals surface area contributed by atoms with Crippen molar-refractivity contribution in [1.29, 1.82) is 0 Å². The Morgan fingerprint density at radius 1 is 1.22 bits per heavy atom. The van der Waals surface area contributed by atoms with E-state index in [2.05, 4.69) is 28.9 Å². The second-order valence-corrected chi connectivity index (χ2v) is 5.24. The molecule has 2 N–H and O–H groups in total. The van der Waals surface area contributed by atoms with Gasteiger partial charge in [-0.2, -0.15) is 0 Å². The number of nitrogen functional groups attached to an aromatic ring is 1. The number of aromatic nitrogens is 1. The third kappa shape index (κ3) is 1.90. The predicted octanol–water partition coefficient (Wildman–Crippen LogP) is 3.05. The van der Waals surface area contributed by atoms with Gasteiger partial charge in [0.2, 0.25) is 0 Å². The Kier molecular flexibility index (Phi) is 2.82. The van der Waals surface area contributed by atoms with E-state index in [9.17, 15) is 0 Å². The van der Waals surface area contributed by atoms with E-state index in [1.807, 2.05) is 18.3 Å². The smallest absolute Gasteiger partial charge is 0.0724 e. The summed E-state index contributed by atoms with van der Waals surface area (Å²) < 4.78 is 0. The normalized spacial score (nSPS) is 17.3. The molecule has 1 aliphatic rings. The van der Waals surface area contributed by atoms with Crippen LogP contribution >= 0.6 is 0 Å². The van der Waals surface area contributed by atoms with Gasteiger partial charge in [-0.25, -0.2) is 0 Å². The Labute approximate surface area is 108 Å². The molecule has 3 rings (SSSR count). The molecule has 18 heavy (non-hydrogen) atoms. The van der Waals surface area contributed by atoms with Gasteiger partial charge >= 0.3 is 0 Å². The quantitative estimate of drug-likeness (QED) is 0.780. The third-order valence-corrected chi connectivity index (χ3v) is 3.93. The highest BCUT2D eigenvalue weighted by atomic mass is 15.1. The number of nitrogens with two attached hydrogens (primary N) is 1. The van der Waals surface area contributed by atoms with Crippen molar-refractivity contribution >= 4 is 22.3 Å². The van der Waals surface area contributed by atoms with Crippen LogP contribution in [0.15, 0.2) is 30.5 Å². The van der Waals surface area contributed by atoms with Gasteiger partial charge in [0.15, 0.2) is 0 Å². The summed E-state index contributed by atoms with van der Waals surface area (Å²) in [5.41, 5.74) is 9.32. The van der Waals surface area contributed by atoms with Crippen LogP contribution in [0.5, 0.6) is 0 Å².